The number of hydrogen-bond acceptors (Lipinski definition) is 8. The second-order valence-corrected chi connectivity index (χ2v) is 13.0. The molecule has 2 aliphatic rings. The van der Waals surface area contributed by atoms with Crippen molar-refractivity contribution in [3.63, 3.8) is 0 Å². The number of nitrogens with zero attached hydrogens (tertiary/aromatic N) is 1. The lowest BCUT2D eigenvalue weighted by atomic mass is 9.75. The van der Waals surface area contributed by atoms with Gasteiger partial charge in [-0.05, 0) is 69.4 Å². The highest BCUT2D eigenvalue weighted by atomic mass is 32.2. The molecule has 1 aromatic rings. The van der Waals surface area contributed by atoms with Crippen LogP contribution in [0.2, 0.25) is 0 Å². The molecule has 210 valence electrons. The van der Waals surface area contributed by atoms with E-state index in [1.807, 2.05) is 26.7 Å². The van der Waals surface area contributed by atoms with Gasteiger partial charge >= 0.3 is 5.97 Å². The number of nitriles is 1. The van der Waals surface area contributed by atoms with Crippen LogP contribution in [0.5, 0.6) is 5.75 Å². The Morgan fingerprint density at radius 2 is 1.84 bits per heavy atom. The molecule has 1 unspecified atom stereocenters. The molecule has 1 aromatic carbocycles. The first-order valence-electron chi connectivity index (χ1n) is 13.5. The third-order valence-corrected chi connectivity index (χ3v) is 10.3. The number of methoxy groups -OCH3 is 1. The van der Waals surface area contributed by atoms with Crippen molar-refractivity contribution in [1.29, 1.82) is 5.26 Å². The number of rotatable bonds is 11. The van der Waals surface area contributed by atoms with Gasteiger partial charge in [0.1, 0.15) is 18.6 Å². The van der Waals surface area contributed by atoms with E-state index in [1.165, 1.54) is 62.0 Å². The number of aryl methyl sites for hydroxylation is 1. The minimum atomic E-state index is -0.582. The summed E-state index contributed by atoms with van der Waals surface area (Å²) in [7, 11) is 1.63. The number of benzene rings is 1. The molecule has 0 N–H and O–H groups in total. The van der Waals surface area contributed by atoms with Crippen molar-refractivity contribution >= 4 is 36.3 Å². The Morgan fingerprint density at radius 3 is 2.45 bits per heavy atom. The molecule has 1 atom stereocenters. The fourth-order valence-electron chi connectivity index (χ4n) is 4.81. The van der Waals surface area contributed by atoms with Gasteiger partial charge in [0.2, 0.25) is 0 Å². The second-order valence-electron chi connectivity index (χ2n) is 10.7. The van der Waals surface area contributed by atoms with Crippen molar-refractivity contribution in [3.8, 4) is 11.8 Å². The monoisotopic (exact) mass is 561 g/mol. The number of esters is 1. The van der Waals surface area contributed by atoms with Gasteiger partial charge in [-0.2, -0.15) is 5.26 Å². The number of ether oxygens (including phenoxy) is 3. The van der Waals surface area contributed by atoms with E-state index in [9.17, 15) is 10.1 Å². The highest BCUT2D eigenvalue weighted by molar-refractivity contribution is 8.24. The number of thioether (sulfide) groups is 2. The van der Waals surface area contributed by atoms with E-state index in [1.54, 1.807) is 7.11 Å². The van der Waals surface area contributed by atoms with Gasteiger partial charge in [0.15, 0.2) is 5.57 Å². The Balaban J connectivity index is 0.00000247. The molecule has 38 heavy (non-hydrogen) atoms. The van der Waals surface area contributed by atoms with E-state index in [2.05, 4.69) is 32.9 Å². The Kier molecular flexibility index (Phi) is 13.2. The fraction of sp³-hybridized carbons (Fsp3) is 0.633. The van der Waals surface area contributed by atoms with Crippen molar-refractivity contribution in [2.75, 3.05) is 20.3 Å². The second kappa shape index (κ2) is 15.6. The normalized spacial score (nSPS) is 20.9. The van der Waals surface area contributed by atoms with Gasteiger partial charge in [0.05, 0.1) is 27.9 Å². The van der Waals surface area contributed by atoms with E-state index in [0.29, 0.717) is 16.6 Å². The van der Waals surface area contributed by atoms with E-state index in [0.717, 1.165) is 39.5 Å². The predicted molar refractivity (Wildman–Crippen MR) is 154 cm³/mol. The maximum absolute atomic E-state index is 12.7. The van der Waals surface area contributed by atoms with Crippen molar-refractivity contribution in [2.45, 2.75) is 95.0 Å². The molecule has 0 amide bonds. The number of hydrogen-bond donors (Lipinski definition) is 0. The first-order chi connectivity index (χ1) is 18.2. The zero-order valence-electron chi connectivity index (χ0n) is 23.8. The van der Waals surface area contributed by atoms with E-state index in [-0.39, 0.29) is 17.8 Å². The molecule has 0 spiro atoms. The summed E-state index contributed by atoms with van der Waals surface area (Å²) in [5.74, 6) is 2.41. The van der Waals surface area contributed by atoms with Crippen LogP contribution in [0, 0.1) is 36.0 Å². The summed E-state index contributed by atoms with van der Waals surface area (Å²) in [6.45, 7) is 13.5. The zero-order valence-corrected chi connectivity index (χ0v) is 25.4. The van der Waals surface area contributed by atoms with Crippen LogP contribution in [-0.4, -0.2) is 38.7 Å². The van der Waals surface area contributed by atoms with E-state index in [4.69, 9.17) is 19.0 Å². The molecule has 0 bridgehead atoms. The highest BCUT2D eigenvalue weighted by Gasteiger charge is 2.31. The SMILES string of the molecule is C=O.CCCC(COc1ccc(C)c2c1S/C(=C(\C#N)C(=O)OCCC(C)(C)OC)S2)C1CCC(C)CC1. The van der Waals surface area contributed by atoms with Crippen molar-refractivity contribution < 1.29 is 23.8 Å². The van der Waals surface area contributed by atoms with Gasteiger partial charge in [-0.25, -0.2) is 4.79 Å². The maximum Gasteiger partial charge on any atom is 0.350 e. The quantitative estimate of drug-likeness (QED) is 0.154. The van der Waals surface area contributed by atoms with Gasteiger partial charge in [-0.15, -0.1) is 0 Å². The van der Waals surface area contributed by atoms with Crippen LogP contribution in [0.25, 0.3) is 0 Å². The Labute approximate surface area is 237 Å². The summed E-state index contributed by atoms with van der Waals surface area (Å²) in [4.78, 5) is 22.8. The Bertz CT molecular complexity index is 1010. The molecule has 6 nitrogen and oxygen atoms in total. The van der Waals surface area contributed by atoms with Crippen molar-refractivity contribution in [1.82, 2.24) is 0 Å². The molecule has 0 radical (unpaired) electrons. The van der Waals surface area contributed by atoms with Crippen LogP contribution in [-0.2, 0) is 19.1 Å². The maximum atomic E-state index is 12.7. The molecule has 1 heterocycles. The van der Waals surface area contributed by atoms with Crippen molar-refractivity contribution in [2.24, 2.45) is 17.8 Å². The molecular weight excluding hydrogens is 518 g/mol. The molecule has 1 saturated carbocycles. The van der Waals surface area contributed by atoms with Gasteiger partial charge in [-0.1, -0.05) is 62.7 Å². The molecule has 1 fully saturated rings. The van der Waals surface area contributed by atoms with Gasteiger partial charge in [0.25, 0.3) is 0 Å². The summed E-state index contributed by atoms with van der Waals surface area (Å²) in [5, 5.41) is 9.79. The Morgan fingerprint density at radius 1 is 1.18 bits per heavy atom. The summed E-state index contributed by atoms with van der Waals surface area (Å²) in [5.41, 5.74) is 0.785. The lowest BCUT2D eigenvalue weighted by Gasteiger charge is -2.32. The first kappa shape index (κ1) is 32.3. The van der Waals surface area contributed by atoms with Gasteiger partial charge in [-0.3, -0.25) is 0 Å². The molecule has 3 rings (SSSR count). The molecular formula is C30H43NO5S2. The average molecular weight is 562 g/mol. The number of carbonyl (C=O) groups excluding carboxylic acids is 2. The fourth-order valence-corrected chi connectivity index (χ4v) is 7.46. The molecule has 1 aliphatic carbocycles. The standard InChI is InChI=1S/C29H41NO4S2.CH2O/c1-7-8-22(21-12-9-19(2)10-13-21)18-34-24-14-11-20(3)25-26(24)36-28(35-25)23(17-30)27(31)33-16-15-29(4,5)32-6;1-2/h11,14,19,21-22H,7-10,12-13,15-16,18H2,1-6H3;1H2/b28-23+;. The van der Waals surface area contributed by atoms with Crippen LogP contribution in [0.1, 0.15) is 78.2 Å². The molecule has 1 aliphatic heterocycles. The predicted octanol–water partition coefficient (Wildman–Crippen LogP) is 7.72. The number of carbonyl (C=O) groups is 2. The van der Waals surface area contributed by atoms with Crippen LogP contribution < -0.4 is 4.74 Å². The average Bonchev–Trinajstić information content (AvgIpc) is 3.35. The summed E-state index contributed by atoms with van der Waals surface area (Å²) in [6, 6.07) is 6.19. The smallest absolute Gasteiger partial charge is 0.350 e. The van der Waals surface area contributed by atoms with Crippen LogP contribution in [0.15, 0.2) is 31.7 Å². The topological polar surface area (TPSA) is 85.6 Å². The number of fused-ring (bicyclic) bond motifs is 1. The summed E-state index contributed by atoms with van der Waals surface area (Å²) >= 11 is 2.92. The minimum Gasteiger partial charge on any atom is -0.492 e. The zero-order chi connectivity index (χ0) is 28.3. The van der Waals surface area contributed by atoms with Crippen molar-refractivity contribution in [3.05, 3.63) is 27.5 Å². The molecule has 8 heteroatoms. The molecule has 0 saturated heterocycles. The van der Waals surface area contributed by atoms with Crippen LogP contribution in [0.3, 0.4) is 0 Å². The first-order valence-corrected chi connectivity index (χ1v) is 15.1. The van der Waals surface area contributed by atoms with E-state index >= 15 is 0 Å². The lowest BCUT2D eigenvalue weighted by molar-refractivity contribution is -0.140. The van der Waals surface area contributed by atoms with Gasteiger partial charge in [0, 0.05) is 18.4 Å². The molecule has 0 aromatic heterocycles. The lowest BCUT2D eigenvalue weighted by Crippen LogP contribution is -2.25. The van der Waals surface area contributed by atoms with Crippen LogP contribution >= 0.6 is 23.5 Å². The van der Waals surface area contributed by atoms with Gasteiger partial charge < -0.3 is 19.0 Å². The third kappa shape index (κ3) is 8.79. The minimum absolute atomic E-state index is 0.0574. The third-order valence-electron chi connectivity index (χ3n) is 7.51. The Hall–Kier alpha value is -1.95. The summed E-state index contributed by atoms with van der Waals surface area (Å²) in [6.07, 6.45) is 8.15. The van der Waals surface area contributed by atoms with E-state index < -0.39 is 5.97 Å². The highest BCUT2D eigenvalue weighted by Crippen LogP contribution is 2.57. The largest absolute Gasteiger partial charge is 0.492 e. The summed E-state index contributed by atoms with van der Waals surface area (Å²) < 4.78 is 17.9. The van der Waals surface area contributed by atoms with Crippen LogP contribution in [0.4, 0.5) is 0 Å².